The summed E-state index contributed by atoms with van der Waals surface area (Å²) < 4.78 is 12.7. The summed E-state index contributed by atoms with van der Waals surface area (Å²) >= 11 is 0. The zero-order valence-corrected chi connectivity index (χ0v) is 20.8. The van der Waals surface area contributed by atoms with Crippen molar-refractivity contribution < 1.29 is 9.47 Å². The highest BCUT2D eigenvalue weighted by atomic mass is 16.5. The molecule has 0 unspecified atom stereocenters. The number of aromatic nitrogens is 2. The molecule has 0 amide bonds. The Morgan fingerprint density at radius 2 is 1.58 bits per heavy atom. The maximum Gasteiger partial charge on any atom is 0.259 e. The minimum Gasteiger partial charge on any atom is -0.497 e. The smallest absolute Gasteiger partial charge is 0.259 e. The first-order valence-electron chi connectivity index (χ1n) is 12.0. The van der Waals surface area contributed by atoms with E-state index in [1.807, 2.05) is 79.7 Å². The Balaban J connectivity index is 1.57. The van der Waals surface area contributed by atoms with E-state index in [1.54, 1.807) is 18.8 Å². The Labute approximate surface area is 211 Å². The average molecular weight is 483 g/mol. The van der Waals surface area contributed by atoms with Crippen LogP contribution in [0.5, 0.6) is 11.5 Å². The van der Waals surface area contributed by atoms with E-state index in [2.05, 4.69) is 15.9 Å². The first-order chi connectivity index (χ1) is 17.6. The molecule has 1 aliphatic heterocycles. The van der Waals surface area contributed by atoms with E-state index >= 15 is 0 Å². The van der Waals surface area contributed by atoms with Crippen LogP contribution in [0.3, 0.4) is 0 Å². The zero-order valence-electron chi connectivity index (χ0n) is 20.8. The lowest BCUT2D eigenvalue weighted by molar-refractivity contribution is 0.187. The number of ether oxygens (including phenoxy) is 2. The molecule has 36 heavy (non-hydrogen) atoms. The van der Waals surface area contributed by atoms with Gasteiger partial charge < -0.3 is 9.47 Å². The minimum atomic E-state index is -0.00964. The van der Waals surface area contributed by atoms with Crippen LogP contribution in [0.15, 0.2) is 83.7 Å². The zero-order chi connectivity index (χ0) is 25.1. The highest BCUT2D eigenvalue weighted by molar-refractivity contribution is 5.59. The van der Waals surface area contributed by atoms with E-state index in [0.717, 1.165) is 39.6 Å². The lowest BCUT2D eigenvalue weighted by atomic mass is 10.1. The van der Waals surface area contributed by atoms with Gasteiger partial charge in [-0.3, -0.25) is 19.2 Å². The van der Waals surface area contributed by atoms with E-state index in [0.29, 0.717) is 32.3 Å². The quantitative estimate of drug-likeness (QED) is 0.380. The van der Waals surface area contributed by atoms with Crippen LogP contribution in [0, 0.1) is 6.92 Å². The molecule has 4 aromatic rings. The fourth-order valence-corrected chi connectivity index (χ4v) is 4.67. The molecule has 0 saturated carbocycles. The Morgan fingerprint density at radius 1 is 0.861 bits per heavy atom. The molecule has 0 spiro atoms. The third kappa shape index (κ3) is 4.70. The summed E-state index contributed by atoms with van der Waals surface area (Å²) in [4.78, 5) is 23.1. The highest BCUT2D eigenvalue weighted by Crippen LogP contribution is 2.31. The van der Waals surface area contributed by atoms with Gasteiger partial charge in [-0.1, -0.05) is 48.5 Å². The molecule has 0 atom stereocenters. The Kier molecular flexibility index (Phi) is 6.73. The standard InChI is InChI=1S/C29H30N4O3/c1-21-26(17-22-9-5-4-6-10-22)28(34)33-20-31(18-23-11-7-8-12-27(23)36-3)19-32(29(33)30-21)24-13-15-25(35-2)16-14-24/h4-16H,17-20H2,1-3H3. The third-order valence-corrected chi connectivity index (χ3v) is 6.57. The second kappa shape index (κ2) is 10.3. The van der Waals surface area contributed by atoms with Crippen molar-refractivity contribution in [3.63, 3.8) is 0 Å². The molecule has 0 aliphatic carbocycles. The Hall–Kier alpha value is -4.10. The molecular weight excluding hydrogens is 452 g/mol. The van der Waals surface area contributed by atoms with Crippen molar-refractivity contribution in [3.05, 3.63) is 112 Å². The lowest BCUT2D eigenvalue weighted by Gasteiger charge is -2.38. The molecule has 0 saturated heterocycles. The normalized spacial score (nSPS) is 13.4. The van der Waals surface area contributed by atoms with Crippen LogP contribution in [0.2, 0.25) is 0 Å². The second-order valence-electron chi connectivity index (χ2n) is 8.92. The van der Waals surface area contributed by atoms with Gasteiger partial charge in [-0.25, -0.2) is 4.98 Å². The molecule has 5 rings (SSSR count). The molecule has 0 N–H and O–H groups in total. The Bertz CT molecular complexity index is 1400. The third-order valence-electron chi connectivity index (χ3n) is 6.57. The van der Waals surface area contributed by atoms with E-state index < -0.39 is 0 Å². The molecule has 0 bridgehead atoms. The summed E-state index contributed by atoms with van der Waals surface area (Å²) in [5.41, 5.74) is 4.57. The first kappa shape index (κ1) is 23.6. The molecule has 7 heteroatoms. The highest BCUT2D eigenvalue weighted by Gasteiger charge is 2.28. The maximum atomic E-state index is 13.9. The molecule has 0 fully saturated rings. The van der Waals surface area contributed by atoms with Gasteiger partial charge in [0.25, 0.3) is 5.56 Å². The molecular formula is C29H30N4O3. The van der Waals surface area contributed by atoms with E-state index in [1.165, 1.54) is 0 Å². The number of hydrogen-bond donors (Lipinski definition) is 0. The molecule has 2 heterocycles. The van der Waals surface area contributed by atoms with E-state index in [-0.39, 0.29) is 5.56 Å². The van der Waals surface area contributed by atoms with Crippen molar-refractivity contribution in [3.8, 4) is 11.5 Å². The van der Waals surface area contributed by atoms with Crippen molar-refractivity contribution in [1.82, 2.24) is 14.5 Å². The van der Waals surface area contributed by atoms with Crippen molar-refractivity contribution in [2.75, 3.05) is 25.8 Å². The number of fused-ring (bicyclic) bond motifs is 1. The molecule has 1 aliphatic rings. The van der Waals surface area contributed by atoms with Crippen molar-refractivity contribution >= 4 is 11.6 Å². The van der Waals surface area contributed by atoms with Crippen LogP contribution < -0.4 is 19.9 Å². The Morgan fingerprint density at radius 3 is 2.31 bits per heavy atom. The number of para-hydroxylation sites is 1. The van der Waals surface area contributed by atoms with E-state index in [4.69, 9.17) is 14.5 Å². The van der Waals surface area contributed by atoms with Crippen LogP contribution in [0.25, 0.3) is 0 Å². The number of aryl methyl sites for hydroxylation is 1. The summed E-state index contributed by atoms with van der Waals surface area (Å²) in [5.74, 6) is 2.26. The molecule has 0 radical (unpaired) electrons. The lowest BCUT2D eigenvalue weighted by Crippen LogP contribution is -2.47. The number of rotatable bonds is 7. The van der Waals surface area contributed by atoms with Crippen molar-refractivity contribution in [1.29, 1.82) is 0 Å². The number of methoxy groups -OCH3 is 2. The number of nitrogens with zero attached hydrogens (tertiary/aromatic N) is 4. The molecule has 184 valence electrons. The summed E-state index contributed by atoms with van der Waals surface area (Å²) in [5, 5.41) is 0. The predicted molar refractivity (Wildman–Crippen MR) is 141 cm³/mol. The van der Waals surface area contributed by atoms with Crippen molar-refractivity contribution in [2.45, 2.75) is 26.6 Å². The van der Waals surface area contributed by atoms with Gasteiger partial charge in [0.2, 0.25) is 5.95 Å². The summed E-state index contributed by atoms with van der Waals surface area (Å²) in [6.45, 7) is 3.57. The predicted octanol–water partition coefficient (Wildman–Crippen LogP) is 4.73. The number of hydrogen-bond acceptors (Lipinski definition) is 6. The van der Waals surface area contributed by atoms with Gasteiger partial charge in [-0.15, -0.1) is 0 Å². The van der Waals surface area contributed by atoms with Gasteiger partial charge in [-0.2, -0.15) is 0 Å². The fourth-order valence-electron chi connectivity index (χ4n) is 4.67. The topological polar surface area (TPSA) is 59.8 Å². The van der Waals surface area contributed by atoms with Gasteiger partial charge in [0, 0.05) is 29.8 Å². The SMILES string of the molecule is COc1ccc(N2CN(Cc3ccccc3OC)Cn3c2nc(C)c(Cc2ccccc2)c3=O)cc1. The van der Waals surface area contributed by atoms with Crippen LogP contribution in [0.4, 0.5) is 11.6 Å². The van der Waals surface area contributed by atoms with Crippen LogP contribution in [-0.2, 0) is 19.6 Å². The fraction of sp³-hybridized carbons (Fsp3) is 0.241. The monoisotopic (exact) mass is 482 g/mol. The minimum absolute atomic E-state index is 0.00964. The van der Waals surface area contributed by atoms with Gasteiger partial charge in [0.05, 0.1) is 33.3 Å². The first-order valence-corrected chi connectivity index (χ1v) is 12.0. The van der Waals surface area contributed by atoms with Gasteiger partial charge >= 0.3 is 0 Å². The number of benzene rings is 3. The molecule has 7 nitrogen and oxygen atoms in total. The number of anilines is 2. The van der Waals surface area contributed by atoms with Crippen LogP contribution in [-0.4, -0.2) is 35.3 Å². The van der Waals surface area contributed by atoms with Crippen LogP contribution >= 0.6 is 0 Å². The molecule has 3 aromatic carbocycles. The van der Waals surface area contributed by atoms with Gasteiger partial charge in [0.1, 0.15) is 11.5 Å². The molecule has 1 aromatic heterocycles. The second-order valence-corrected chi connectivity index (χ2v) is 8.92. The van der Waals surface area contributed by atoms with Gasteiger partial charge in [-0.05, 0) is 42.8 Å². The van der Waals surface area contributed by atoms with E-state index in [9.17, 15) is 4.79 Å². The summed E-state index contributed by atoms with van der Waals surface area (Å²) in [7, 11) is 3.33. The largest absolute Gasteiger partial charge is 0.497 e. The summed E-state index contributed by atoms with van der Waals surface area (Å²) in [6.07, 6.45) is 0.549. The van der Waals surface area contributed by atoms with Crippen molar-refractivity contribution in [2.24, 2.45) is 0 Å². The summed E-state index contributed by atoms with van der Waals surface area (Å²) in [6, 6.07) is 25.9. The van der Waals surface area contributed by atoms with Gasteiger partial charge in [0.15, 0.2) is 0 Å². The maximum absolute atomic E-state index is 13.9. The average Bonchev–Trinajstić information content (AvgIpc) is 2.92. The van der Waals surface area contributed by atoms with Crippen LogP contribution in [0.1, 0.15) is 22.4 Å².